The second kappa shape index (κ2) is 5.06. The van der Waals surface area contributed by atoms with E-state index in [1.807, 2.05) is 30.3 Å². The molecule has 114 valence electrons. The monoisotopic (exact) mass is 327 g/mol. The van der Waals surface area contributed by atoms with Crippen LogP contribution in [-0.2, 0) is 6.54 Å². The number of hydrogen-bond acceptors (Lipinski definition) is 4. The molecule has 0 spiro atoms. The van der Waals surface area contributed by atoms with E-state index in [4.69, 9.17) is 11.6 Å². The standard InChI is InChI=1S/C15H10ClN5O2/c16-11-7-6-10-13(17-11)14(9-4-2-1-3-5-9)20(23)8-12-18-19-15(22)21(10)12/h1-7H,8H2,(H,19,22). The zero-order chi connectivity index (χ0) is 16.0. The molecule has 23 heavy (non-hydrogen) atoms. The molecule has 1 aromatic carbocycles. The lowest BCUT2D eigenvalue weighted by Crippen LogP contribution is -2.20. The van der Waals surface area contributed by atoms with Gasteiger partial charge in [0.15, 0.2) is 5.69 Å². The lowest BCUT2D eigenvalue weighted by atomic mass is 10.1. The highest BCUT2D eigenvalue weighted by molar-refractivity contribution is 6.29. The van der Waals surface area contributed by atoms with Gasteiger partial charge in [0.2, 0.25) is 18.1 Å². The SMILES string of the molecule is O=c1[nH]nc2n1-c1ccc(Cl)nc1C(c1ccccc1)=[N+]([O-])C2. The molecule has 1 aliphatic rings. The molecule has 0 fully saturated rings. The zero-order valence-corrected chi connectivity index (χ0v) is 12.5. The molecule has 4 rings (SSSR count). The molecule has 2 aromatic heterocycles. The third-order valence-electron chi connectivity index (χ3n) is 3.63. The summed E-state index contributed by atoms with van der Waals surface area (Å²) in [6, 6.07) is 12.4. The maximum absolute atomic E-state index is 12.7. The van der Waals surface area contributed by atoms with Gasteiger partial charge in [0, 0.05) is 5.56 Å². The van der Waals surface area contributed by atoms with E-state index in [9.17, 15) is 10.0 Å². The van der Waals surface area contributed by atoms with Crippen LogP contribution in [0.3, 0.4) is 0 Å². The Kier molecular flexibility index (Phi) is 3.02. The molecule has 0 amide bonds. The largest absolute Gasteiger partial charge is 0.623 e. The number of aromatic nitrogens is 4. The molecular weight excluding hydrogens is 318 g/mol. The molecule has 0 aliphatic carbocycles. The van der Waals surface area contributed by atoms with Crippen molar-refractivity contribution in [1.82, 2.24) is 19.7 Å². The highest BCUT2D eigenvalue weighted by Crippen LogP contribution is 2.23. The Morgan fingerprint density at radius 1 is 1.22 bits per heavy atom. The van der Waals surface area contributed by atoms with Crippen molar-refractivity contribution in [3.05, 3.63) is 80.4 Å². The fourth-order valence-electron chi connectivity index (χ4n) is 2.67. The third kappa shape index (κ3) is 2.13. The summed E-state index contributed by atoms with van der Waals surface area (Å²) < 4.78 is 2.12. The Balaban J connectivity index is 2.09. The smallest absolute Gasteiger partial charge is 0.348 e. The van der Waals surface area contributed by atoms with Crippen molar-refractivity contribution >= 4 is 17.3 Å². The fraction of sp³-hybridized carbons (Fsp3) is 0.0667. The van der Waals surface area contributed by atoms with E-state index in [0.717, 1.165) is 4.74 Å². The number of rotatable bonds is 1. The van der Waals surface area contributed by atoms with Crippen LogP contribution in [0.25, 0.3) is 5.69 Å². The minimum atomic E-state index is -0.423. The molecule has 1 aliphatic heterocycles. The minimum Gasteiger partial charge on any atom is -0.623 e. The highest BCUT2D eigenvalue weighted by atomic mass is 35.5. The van der Waals surface area contributed by atoms with Gasteiger partial charge in [0.25, 0.3) is 0 Å². The number of halogens is 1. The Morgan fingerprint density at radius 2 is 2.00 bits per heavy atom. The average Bonchev–Trinajstić information content (AvgIpc) is 2.84. The molecule has 0 saturated carbocycles. The minimum absolute atomic E-state index is 0.0725. The molecule has 3 heterocycles. The number of H-pyrrole nitrogens is 1. The first-order valence-electron chi connectivity index (χ1n) is 6.86. The summed E-state index contributed by atoms with van der Waals surface area (Å²) in [5, 5.41) is 19.2. The summed E-state index contributed by atoms with van der Waals surface area (Å²) in [5.74, 6) is 0.321. The quantitative estimate of drug-likeness (QED) is 0.416. The van der Waals surface area contributed by atoms with Gasteiger partial charge in [-0.25, -0.2) is 19.4 Å². The number of hydrogen-bond donors (Lipinski definition) is 1. The van der Waals surface area contributed by atoms with Crippen LogP contribution in [0, 0.1) is 5.21 Å². The molecule has 7 nitrogen and oxygen atoms in total. The highest BCUT2D eigenvalue weighted by Gasteiger charge is 2.29. The van der Waals surface area contributed by atoms with Crippen molar-refractivity contribution in [3.63, 3.8) is 0 Å². The first-order chi connectivity index (χ1) is 11.1. The van der Waals surface area contributed by atoms with Crippen LogP contribution < -0.4 is 5.69 Å². The van der Waals surface area contributed by atoms with Crippen molar-refractivity contribution in [2.45, 2.75) is 6.54 Å². The normalized spacial score (nSPS) is 13.4. The fourth-order valence-corrected chi connectivity index (χ4v) is 2.82. The maximum atomic E-state index is 12.7. The van der Waals surface area contributed by atoms with Gasteiger partial charge in [0.05, 0.1) is 5.69 Å². The lowest BCUT2D eigenvalue weighted by Gasteiger charge is -2.09. The zero-order valence-electron chi connectivity index (χ0n) is 11.7. The van der Waals surface area contributed by atoms with Gasteiger partial charge in [-0.15, -0.1) is 0 Å². The lowest BCUT2D eigenvalue weighted by molar-refractivity contribution is -0.475. The Hall–Kier alpha value is -2.93. The second-order valence-corrected chi connectivity index (χ2v) is 5.42. The Labute approximate surface area is 135 Å². The molecule has 0 unspecified atom stereocenters. The van der Waals surface area contributed by atoms with Crippen LogP contribution in [0.1, 0.15) is 17.1 Å². The number of aromatic amines is 1. The van der Waals surface area contributed by atoms with Gasteiger partial charge in [0.1, 0.15) is 5.15 Å². The first kappa shape index (κ1) is 13.7. The number of nitrogens with one attached hydrogen (secondary N) is 1. The number of nitrogens with zero attached hydrogens (tertiary/aromatic N) is 4. The molecule has 3 aromatic rings. The van der Waals surface area contributed by atoms with Crippen molar-refractivity contribution in [1.29, 1.82) is 0 Å². The van der Waals surface area contributed by atoms with Gasteiger partial charge >= 0.3 is 5.69 Å². The van der Waals surface area contributed by atoms with Gasteiger partial charge in [-0.2, -0.15) is 9.84 Å². The first-order valence-corrected chi connectivity index (χ1v) is 7.23. The molecule has 0 bridgehead atoms. The van der Waals surface area contributed by atoms with Gasteiger partial charge in [-0.3, -0.25) is 0 Å². The maximum Gasteiger partial charge on any atom is 0.348 e. The van der Waals surface area contributed by atoms with Crippen LogP contribution in [0.5, 0.6) is 0 Å². The molecule has 0 saturated heterocycles. The number of hydroxylamine groups is 1. The van der Waals surface area contributed by atoms with Crippen molar-refractivity contribution in [2.75, 3.05) is 0 Å². The van der Waals surface area contributed by atoms with E-state index in [1.54, 1.807) is 12.1 Å². The molecule has 0 atom stereocenters. The van der Waals surface area contributed by atoms with E-state index in [1.165, 1.54) is 4.57 Å². The Morgan fingerprint density at radius 3 is 2.78 bits per heavy atom. The predicted molar refractivity (Wildman–Crippen MR) is 84.0 cm³/mol. The van der Waals surface area contributed by atoms with Crippen LogP contribution in [0.2, 0.25) is 5.15 Å². The summed E-state index contributed by atoms with van der Waals surface area (Å²) in [6.07, 6.45) is 0. The average molecular weight is 328 g/mol. The number of benzene rings is 1. The molecule has 1 N–H and O–H groups in total. The predicted octanol–water partition coefficient (Wildman–Crippen LogP) is 1.47. The summed E-state index contributed by atoms with van der Waals surface area (Å²) in [4.78, 5) is 16.4. The van der Waals surface area contributed by atoms with E-state index in [2.05, 4.69) is 15.2 Å². The van der Waals surface area contributed by atoms with Crippen molar-refractivity contribution in [2.24, 2.45) is 0 Å². The van der Waals surface area contributed by atoms with Crippen LogP contribution in [-0.4, -0.2) is 30.2 Å². The van der Waals surface area contributed by atoms with Crippen LogP contribution in [0.15, 0.2) is 47.3 Å². The van der Waals surface area contributed by atoms with Gasteiger partial charge < -0.3 is 5.21 Å². The summed E-state index contributed by atoms with van der Waals surface area (Å²) >= 11 is 6.02. The number of pyridine rings is 1. The summed E-state index contributed by atoms with van der Waals surface area (Å²) in [5.41, 5.74) is 1.45. The molecular formula is C15H10ClN5O2. The van der Waals surface area contributed by atoms with E-state index < -0.39 is 5.69 Å². The van der Waals surface area contributed by atoms with Crippen LogP contribution in [0.4, 0.5) is 0 Å². The molecule has 0 radical (unpaired) electrons. The van der Waals surface area contributed by atoms with Crippen LogP contribution >= 0.6 is 11.6 Å². The van der Waals surface area contributed by atoms with Gasteiger partial charge in [-0.05, 0) is 24.3 Å². The van der Waals surface area contributed by atoms with Gasteiger partial charge in [-0.1, -0.05) is 29.8 Å². The Bertz CT molecular complexity index is 991. The topological polar surface area (TPSA) is 89.6 Å². The summed E-state index contributed by atoms with van der Waals surface area (Å²) in [6.45, 7) is -0.0725. The van der Waals surface area contributed by atoms with E-state index in [0.29, 0.717) is 28.5 Å². The molecule has 8 heteroatoms. The number of fused-ring (bicyclic) bond motifs is 3. The van der Waals surface area contributed by atoms with Crippen molar-refractivity contribution in [3.8, 4) is 5.69 Å². The third-order valence-corrected chi connectivity index (χ3v) is 3.84. The second-order valence-electron chi connectivity index (χ2n) is 5.03. The van der Waals surface area contributed by atoms with E-state index in [-0.39, 0.29) is 11.7 Å². The summed E-state index contributed by atoms with van der Waals surface area (Å²) in [7, 11) is 0. The van der Waals surface area contributed by atoms with Crippen molar-refractivity contribution < 1.29 is 4.74 Å². The van der Waals surface area contributed by atoms with E-state index >= 15 is 0 Å².